The molecule has 0 bridgehead atoms. The Morgan fingerprint density at radius 2 is 2.24 bits per heavy atom. The molecule has 0 unspecified atom stereocenters. The zero-order valence-corrected chi connectivity index (χ0v) is 10.4. The number of rotatable bonds is 5. The molecule has 2 N–H and O–H groups in total. The first kappa shape index (κ1) is 11.9. The number of carbonyl (C=O) groups excluding carboxylic acids is 1. The van der Waals surface area contributed by atoms with Crippen molar-refractivity contribution in [2.24, 2.45) is 11.8 Å². The molecule has 1 aromatic heterocycles. The van der Waals surface area contributed by atoms with Crippen molar-refractivity contribution in [3.63, 3.8) is 0 Å². The number of pyridine rings is 1. The van der Waals surface area contributed by atoms with Crippen molar-refractivity contribution in [2.75, 3.05) is 17.2 Å². The lowest BCUT2D eigenvalue weighted by atomic mass is 10.2. The molecule has 1 aliphatic carbocycles. The van der Waals surface area contributed by atoms with Crippen LogP contribution in [0.4, 0.5) is 11.5 Å². The van der Waals surface area contributed by atoms with Crippen LogP contribution >= 0.6 is 0 Å². The Labute approximate surface area is 102 Å². The molecule has 0 aliphatic heterocycles. The summed E-state index contributed by atoms with van der Waals surface area (Å²) < 4.78 is 0. The predicted molar refractivity (Wildman–Crippen MR) is 68.9 cm³/mol. The summed E-state index contributed by atoms with van der Waals surface area (Å²) in [5.41, 5.74) is 0.989. The molecule has 1 aromatic rings. The van der Waals surface area contributed by atoms with E-state index in [0.717, 1.165) is 25.1 Å². The zero-order chi connectivity index (χ0) is 12.3. The van der Waals surface area contributed by atoms with Crippen molar-refractivity contribution in [2.45, 2.75) is 26.7 Å². The first-order valence-electron chi connectivity index (χ1n) is 6.16. The fourth-order valence-electron chi connectivity index (χ4n) is 1.47. The molecule has 1 heterocycles. The predicted octanol–water partition coefficient (Wildman–Crippen LogP) is 2.50. The van der Waals surface area contributed by atoms with E-state index in [9.17, 15) is 4.79 Å². The molecule has 0 spiro atoms. The maximum absolute atomic E-state index is 11.5. The Morgan fingerprint density at radius 3 is 2.76 bits per heavy atom. The molecule has 0 atom stereocenters. The molecular formula is C13H19N3O. The van der Waals surface area contributed by atoms with Gasteiger partial charge in [0, 0.05) is 12.5 Å². The summed E-state index contributed by atoms with van der Waals surface area (Å²) in [5.74, 6) is 1.55. The summed E-state index contributed by atoms with van der Waals surface area (Å²) in [6.07, 6.45) is 3.78. The summed E-state index contributed by atoms with van der Waals surface area (Å²) in [7, 11) is 0. The highest BCUT2D eigenvalue weighted by Crippen LogP contribution is 2.29. The van der Waals surface area contributed by atoms with Gasteiger partial charge in [-0.15, -0.1) is 0 Å². The van der Waals surface area contributed by atoms with Gasteiger partial charge in [0.1, 0.15) is 5.82 Å². The number of amides is 1. The summed E-state index contributed by atoms with van der Waals surface area (Å²) in [6.45, 7) is 5.24. The first-order valence-corrected chi connectivity index (χ1v) is 6.16. The van der Waals surface area contributed by atoms with E-state index < -0.39 is 0 Å². The van der Waals surface area contributed by atoms with Gasteiger partial charge in [-0.05, 0) is 30.9 Å². The van der Waals surface area contributed by atoms with Crippen LogP contribution in [0.15, 0.2) is 18.3 Å². The largest absolute Gasteiger partial charge is 0.384 e. The van der Waals surface area contributed by atoms with Crippen LogP contribution in [0.1, 0.15) is 26.7 Å². The van der Waals surface area contributed by atoms with Crippen molar-refractivity contribution in [1.82, 2.24) is 4.98 Å². The lowest BCUT2D eigenvalue weighted by molar-refractivity contribution is -0.117. The van der Waals surface area contributed by atoms with Crippen molar-refractivity contribution in [3.05, 3.63) is 18.3 Å². The van der Waals surface area contributed by atoms with Gasteiger partial charge >= 0.3 is 0 Å². The second kappa shape index (κ2) is 5.17. The smallest absolute Gasteiger partial charge is 0.228 e. The highest BCUT2D eigenvalue weighted by atomic mass is 16.2. The van der Waals surface area contributed by atoms with Gasteiger partial charge < -0.3 is 10.6 Å². The highest BCUT2D eigenvalue weighted by Gasteiger charge is 2.29. The van der Waals surface area contributed by atoms with Crippen molar-refractivity contribution in [3.8, 4) is 0 Å². The Balaban J connectivity index is 1.86. The Hall–Kier alpha value is -1.58. The standard InChI is InChI=1S/C13H19N3O/c1-9(2)7-14-11-5-6-12(15-8-11)16-13(17)10-3-4-10/h5-6,8-10,14H,3-4,7H2,1-2H3,(H,15,16,17). The SMILES string of the molecule is CC(C)CNc1ccc(NC(=O)C2CC2)nc1. The van der Waals surface area contributed by atoms with Crippen LogP contribution in [-0.2, 0) is 4.79 Å². The number of hydrogen-bond donors (Lipinski definition) is 2. The minimum Gasteiger partial charge on any atom is -0.384 e. The molecule has 0 saturated heterocycles. The minimum absolute atomic E-state index is 0.0976. The molecule has 0 aromatic carbocycles. The van der Waals surface area contributed by atoms with Crippen molar-refractivity contribution < 1.29 is 4.79 Å². The number of carbonyl (C=O) groups is 1. The first-order chi connectivity index (χ1) is 8.15. The van der Waals surface area contributed by atoms with Gasteiger partial charge in [-0.25, -0.2) is 4.98 Å². The summed E-state index contributed by atoms with van der Waals surface area (Å²) in [4.78, 5) is 15.7. The van der Waals surface area contributed by atoms with Gasteiger partial charge in [0.15, 0.2) is 0 Å². The normalized spacial score (nSPS) is 14.8. The van der Waals surface area contributed by atoms with E-state index in [-0.39, 0.29) is 11.8 Å². The molecule has 1 amide bonds. The highest BCUT2D eigenvalue weighted by molar-refractivity contribution is 5.93. The molecule has 0 radical (unpaired) electrons. The van der Waals surface area contributed by atoms with Crippen LogP contribution < -0.4 is 10.6 Å². The van der Waals surface area contributed by atoms with Gasteiger partial charge in [0.25, 0.3) is 0 Å². The van der Waals surface area contributed by atoms with E-state index >= 15 is 0 Å². The van der Waals surface area contributed by atoms with Crippen LogP contribution in [-0.4, -0.2) is 17.4 Å². The van der Waals surface area contributed by atoms with Crippen LogP contribution in [0, 0.1) is 11.8 Å². The minimum atomic E-state index is 0.0976. The van der Waals surface area contributed by atoms with Crippen molar-refractivity contribution >= 4 is 17.4 Å². The maximum atomic E-state index is 11.5. The van der Waals surface area contributed by atoms with E-state index in [1.165, 1.54) is 0 Å². The average molecular weight is 233 g/mol. The number of aromatic nitrogens is 1. The van der Waals surface area contributed by atoms with Gasteiger partial charge in [-0.3, -0.25) is 4.79 Å². The third kappa shape index (κ3) is 3.73. The number of nitrogens with zero attached hydrogens (tertiary/aromatic N) is 1. The van der Waals surface area contributed by atoms with Crippen LogP contribution in [0.25, 0.3) is 0 Å². The molecule has 4 heteroatoms. The number of anilines is 2. The number of hydrogen-bond acceptors (Lipinski definition) is 3. The molecule has 17 heavy (non-hydrogen) atoms. The summed E-state index contributed by atoms with van der Waals surface area (Å²) in [6, 6.07) is 3.78. The van der Waals surface area contributed by atoms with E-state index in [1.54, 1.807) is 6.20 Å². The van der Waals surface area contributed by atoms with E-state index in [2.05, 4.69) is 29.5 Å². The molecule has 2 rings (SSSR count). The lowest BCUT2D eigenvalue weighted by Gasteiger charge is -2.09. The van der Waals surface area contributed by atoms with Gasteiger partial charge in [-0.1, -0.05) is 13.8 Å². The average Bonchev–Trinajstić information content (AvgIpc) is 3.12. The fourth-order valence-corrected chi connectivity index (χ4v) is 1.47. The Morgan fingerprint density at radius 1 is 1.47 bits per heavy atom. The second-order valence-electron chi connectivity index (χ2n) is 4.97. The molecule has 1 aliphatic rings. The van der Waals surface area contributed by atoms with Gasteiger partial charge in [-0.2, -0.15) is 0 Å². The van der Waals surface area contributed by atoms with Crippen LogP contribution in [0.5, 0.6) is 0 Å². The third-order valence-electron chi connectivity index (χ3n) is 2.68. The molecular weight excluding hydrogens is 214 g/mol. The second-order valence-corrected chi connectivity index (χ2v) is 4.97. The zero-order valence-electron chi connectivity index (χ0n) is 10.4. The quantitative estimate of drug-likeness (QED) is 0.821. The van der Waals surface area contributed by atoms with E-state index in [4.69, 9.17) is 0 Å². The topological polar surface area (TPSA) is 54.0 Å². The monoisotopic (exact) mass is 233 g/mol. The number of nitrogens with one attached hydrogen (secondary N) is 2. The summed E-state index contributed by atoms with van der Waals surface area (Å²) in [5, 5.41) is 6.10. The van der Waals surface area contributed by atoms with Gasteiger partial charge in [0.05, 0.1) is 11.9 Å². The summed E-state index contributed by atoms with van der Waals surface area (Å²) >= 11 is 0. The van der Waals surface area contributed by atoms with E-state index in [0.29, 0.717) is 11.7 Å². The Bertz CT molecular complexity index is 382. The van der Waals surface area contributed by atoms with Gasteiger partial charge in [0.2, 0.25) is 5.91 Å². The molecule has 92 valence electrons. The molecule has 4 nitrogen and oxygen atoms in total. The van der Waals surface area contributed by atoms with Crippen LogP contribution in [0.2, 0.25) is 0 Å². The van der Waals surface area contributed by atoms with Crippen molar-refractivity contribution in [1.29, 1.82) is 0 Å². The maximum Gasteiger partial charge on any atom is 0.228 e. The van der Waals surface area contributed by atoms with E-state index in [1.807, 2.05) is 12.1 Å². The lowest BCUT2D eigenvalue weighted by Crippen LogP contribution is -2.14. The Kier molecular flexibility index (Phi) is 3.61. The molecule has 1 fully saturated rings. The molecule has 1 saturated carbocycles. The third-order valence-corrected chi connectivity index (χ3v) is 2.68. The fraction of sp³-hybridized carbons (Fsp3) is 0.538. The van der Waals surface area contributed by atoms with Crippen LogP contribution in [0.3, 0.4) is 0 Å².